The van der Waals surface area contributed by atoms with E-state index in [9.17, 15) is 9.18 Å². The molecule has 0 aliphatic heterocycles. The van der Waals surface area contributed by atoms with Crippen molar-refractivity contribution in [1.29, 1.82) is 5.26 Å². The van der Waals surface area contributed by atoms with E-state index in [1.54, 1.807) is 0 Å². The third kappa shape index (κ3) is 3.36. The van der Waals surface area contributed by atoms with Gasteiger partial charge in [0.1, 0.15) is 5.82 Å². The number of aromatic nitrogens is 2. The molecule has 2 aromatic heterocycles. The fourth-order valence-electron chi connectivity index (χ4n) is 1.61. The third-order valence-electron chi connectivity index (χ3n) is 2.59. The van der Waals surface area contributed by atoms with Crippen LogP contribution in [-0.2, 0) is 13.0 Å². The number of hydrogen-bond donors (Lipinski definition) is 1. The maximum atomic E-state index is 13.3. The number of nitrogens with zero attached hydrogens (tertiary/aromatic N) is 3. The first-order valence-electron chi connectivity index (χ1n) is 5.90. The number of carbonyl (C=O) groups is 1. The van der Waals surface area contributed by atoms with Gasteiger partial charge in [-0.15, -0.1) is 0 Å². The van der Waals surface area contributed by atoms with Gasteiger partial charge in [0.05, 0.1) is 30.4 Å². The summed E-state index contributed by atoms with van der Waals surface area (Å²) >= 11 is 0. The summed E-state index contributed by atoms with van der Waals surface area (Å²) in [4.78, 5) is 19.7. The summed E-state index contributed by atoms with van der Waals surface area (Å²) in [6.45, 7) is 0.00140. The summed E-state index contributed by atoms with van der Waals surface area (Å²) in [6.07, 6.45) is 3.06. The van der Waals surface area contributed by atoms with Gasteiger partial charge in [0.25, 0.3) is 5.91 Å². The van der Waals surface area contributed by atoms with E-state index >= 15 is 0 Å². The maximum absolute atomic E-state index is 13.3. The molecule has 0 unspecified atom stereocenters. The zero-order valence-electron chi connectivity index (χ0n) is 10.5. The molecule has 100 valence electrons. The highest BCUT2D eigenvalue weighted by molar-refractivity contribution is 5.94. The lowest BCUT2D eigenvalue weighted by Crippen LogP contribution is -2.24. The molecule has 2 aromatic rings. The fraction of sp³-hybridized carbons (Fsp3) is 0.143. The quantitative estimate of drug-likeness (QED) is 0.915. The molecule has 0 atom stereocenters. The summed E-state index contributed by atoms with van der Waals surface area (Å²) in [6, 6.07) is 7.80. The highest BCUT2D eigenvalue weighted by Crippen LogP contribution is 2.05. The Kier molecular flexibility index (Phi) is 4.35. The molecule has 0 bridgehead atoms. The van der Waals surface area contributed by atoms with Crippen LogP contribution in [0.1, 0.15) is 21.7 Å². The van der Waals surface area contributed by atoms with Crippen molar-refractivity contribution in [1.82, 2.24) is 15.3 Å². The average Bonchev–Trinajstić information content (AvgIpc) is 2.47. The van der Waals surface area contributed by atoms with Crippen molar-refractivity contribution in [2.45, 2.75) is 13.0 Å². The molecule has 20 heavy (non-hydrogen) atoms. The van der Waals surface area contributed by atoms with E-state index in [4.69, 9.17) is 5.26 Å². The molecule has 0 spiro atoms. The highest BCUT2D eigenvalue weighted by Gasteiger charge is 2.09. The van der Waals surface area contributed by atoms with Crippen LogP contribution in [0.5, 0.6) is 0 Å². The summed E-state index contributed by atoms with van der Waals surface area (Å²) < 4.78 is 13.3. The number of amides is 1. The minimum Gasteiger partial charge on any atom is -0.346 e. The predicted molar refractivity (Wildman–Crippen MR) is 68.9 cm³/mol. The number of carbonyl (C=O) groups excluding carboxylic acids is 1. The first kappa shape index (κ1) is 13.6. The molecule has 2 heterocycles. The largest absolute Gasteiger partial charge is 0.346 e. The zero-order valence-corrected chi connectivity index (χ0v) is 10.5. The van der Waals surface area contributed by atoms with Crippen LogP contribution < -0.4 is 5.32 Å². The van der Waals surface area contributed by atoms with Crippen LogP contribution in [0.25, 0.3) is 0 Å². The van der Waals surface area contributed by atoms with Crippen LogP contribution in [0.15, 0.2) is 36.7 Å². The first-order valence-corrected chi connectivity index (χ1v) is 5.90. The number of nitriles is 1. The molecule has 0 saturated heterocycles. The van der Waals surface area contributed by atoms with Crippen molar-refractivity contribution >= 4 is 5.91 Å². The van der Waals surface area contributed by atoms with Crippen LogP contribution in [0.4, 0.5) is 4.39 Å². The number of pyridine rings is 2. The van der Waals surface area contributed by atoms with E-state index in [0.717, 1.165) is 0 Å². The molecular formula is C14H11FN4O. The number of hydrogen-bond acceptors (Lipinski definition) is 4. The standard InChI is InChI=1S/C14H11FN4O/c15-12-2-1-6-18-13(12)9-19-14(20)10-4-7-17-11(8-10)3-5-16/h1-2,4,6-8H,3,9H2,(H,19,20). The van der Waals surface area contributed by atoms with Gasteiger partial charge in [-0.3, -0.25) is 14.8 Å². The van der Waals surface area contributed by atoms with Crippen LogP contribution in [0.3, 0.4) is 0 Å². The predicted octanol–water partition coefficient (Wildman–Crippen LogP) is 1.61. The van der Waals surface area contributed by atoms with Gasteiger partial charge in [-0.1, -0.05) is 0 Å². The molecule has 0 radical (unpaired) electrons. The molecular weight excluding hydrogens is 259 g/mol. The van der Waals surface area contributed by atoms with E-state index in [1.807, 2.05) is 6.07 Å². The van der Waals surface area contributed by atoms with Gasteiger partial charge in [-0.2, -0.15) is 5.26 Å². The summed E-state index contributed by atoms with van der Waals surface area (Å²) in [7, 11) is 0. The van der Waals surface area contributed by atoms with Gasteiger partial charge in [0.2, 0.25) is 0 Å². The normalized spacial score (nSPS) is 9.80. The molecule has 1 amide bonds. The van der Waals surface area contributed by atoms with Crippen molar-refractivity contribution in [2.75, 3.05) is 0 Å². The Bertz CT molecular complexity index is 666. The van der Waals surface area contributed by atoms with Crippen molar-refractivity contribution in [3.05, 3.63) is 59.4 Å². The lowest BCUT2D eigenvalue weighted by atomic mass is 10.2. The van der Waals surface area contributed by atoms with E-state index in [-0.39, 0.29) is 24.6 Å². The molecule has 0 aromatic carbocycles. The zero-order chi connectivity index (χ0) is 14.4. The molecule has 0 aliphatic carbocycles. The molecule has 6 heteroatoms. The van der Waals surface area contributed by atoms with Gasteiger partial charge < -0.3 is 5.32 Å². The Morgan fingerprint density at radius 2 is 2.20 bits per heavy atom. The Morgan fingerprint density at radius 3 is 2.95 bits per heavy atom. The summed E-state index contributed by atoms with van der Waals surface area (Å²) in [5.41, 5.74) is 1.07. The Balaban J connectivity index is 2.04. The second kappa shape index (κ2) is 6.38. The molecule has 0 fully saturated rings. The molecule has 1 N–H and O–H groups in total. The van der Waals surface area contributed by atoms with Crippen LogP contribution in [0.2, 0.25) is 0 Å². The molecule has 0 aliphatic rings. The van der Waals surface area contributed by atoms with E-state index in [1.165, 1.54) is 36.7 Å². The number of nitrogens with one attached hydrogen (secondary N) is 1. The van der Waals surface area contributed by atoms with Crippen molar-refractivity contribution < 1.29 is 9.18 Å². The molecule has 5 nitrogen and oxygen atoms in total. The first-order chi connectivity index (χ1) is 9.70. The third-order valence-corrected chi connectivity index (χ3v) is 2.59. The second-order valence-electron chi connectivity index (χ2n) is 3.99. The maximum Gasteiger partial charge on any atom is 0.251 e. The van der Waals surface area contributed by atoms with Gasteiger partial charge >= 0.3 is 0 Å². The molecule has 2 rings (SSSR count). The fourth-order valence-corrected chi connectivity index (χ4v) is 1.61. The molecule has 0 saturated carbocycles. The topological polar surface area (TPSA) is 78.7 Å². The van der Waals surface area contributed by atoms with Gasteiger partial charge in [-0.05, 0) is 24.3 Å². The van der Waals surface area contributed by atoms with Gasteiger partial charge in [0, 0.05) is 18.0 Å². The van der Waals surface area contributed by atoms with E-state index in [0.29, 0.717) is 11.3 Å². The Hall–Kier alpha value is -2.81. The van der Waals surface area contributed by atoms with Gasteiger partial charge in [0.15, 0.2) is 0 Å². The van der Waals surface area contributed by atoms with Crippen molar-refractivity contribution in [3.63, 3.8) is 0 Å². The monoisotopic (exact) mass is 270 g/mol. The average molecular weight is 270 g/mol. The van der Waals surface area contributed by atoms with Crippen molar-refractivity contribution in [2.24, 2.45) is 0 Å². The van der Waals surface area contributed by atoms with Crippen LogP contribution in [-0.4, -0.2) is 15.9 Å². The number of rotatable bonds is 4. The van der Waals surface area contributed by atoms with Crippen molar-refractivity contribution in [3.8, 4) is 6.07 Å². The second-order valence-corrected chi connectivity index (χ2v) is 3.99. The minimum atomic E-state index is -0.465. The summed E-state index contributed by atoms with van der Waals surface area (Å²) in [5.74, 6) is -0.829. The van der Waals surface area contributed by atoms with Crippen LogP contribution in [0, 0.1) is 17.1 Å². The SMILES string of the molecule is N#CCc1cc(C(=O)NCc2ncccc2F)ccn1. The Labute approximate surface area is 115 Å². The lowest BCUT2D eigenvalue weighted by Gasteiger charge is -2.06. The van der Waals surface area contributed by atoms with Gasteiger partial charge in [-0.25, -0.2) is 4.39 Å². The minimum absolute atomic E-state index is 0.00140. The summed E-state index contributed by atoms with van der Waals surface area (Å²) in [5, 5.41) is 11.2. The van der Waals surface area contributed by atoms with E-state index < -0.39 is 5.82 Å². The van der Waals surface area contributed by atoms with E-state index in [2.05, 4.69) is 15.3 Å². The Morgan fingerprint density at radius 1 is 1.35 bits per heavy atom. The number of halogens is 1. The highest BCUT2D eigenvalue weighted by atomic mass is 19.1. The lowest BCUT2D eigenvalue weighted by molar-refractivity contribution is 0.0950. The van der Waals surface area contributed by atoms with Crippen LogP contribution >= 0.6 is 0 Å². The smallest absolute Gasteiger partial charge is 0.251 e.